The Morgan fingerprint density at radius 2 is 1.62 bits per heavy atom. The summed E-state index contributed by atoms with van der Waals surface area (Å²) in [6.45, 7) is 13.2. The van der Waals surface area contributed by atoms with Crippen molar-refractivity contribution < 1.29 is 14.0 Å². The minimum Gasteiger partial charge on any atom is -0.466 e. The van der Waals surface area contributed by atoms with Crippen LogP contribution in [0.15, 0.2) is 57.4 Å². The number of imide groups is 1. The van der Waals surface area contributed by atoms with Crippen LogP contribution in [0, 0.1) is 17.8 Å². The average molecular weight is 584 g/mol. The lowest BCUT2D eigenvalue weighted by molar-refractivity contribution is -0.135. The molecule has 2 heterocycles. The van der Waals surface area contributed by atoms with Crippen LogP contribution in [-0.2, 0) is 16.0 Å². The molecule has 5 unspecified atom stereocenters. The number of thiol groups is 1. The maximum atomic E-state index is 13.2. The lowest BCUT2D eigenvalue weighted by Crippen LogP contribution is -2.31. The van der Waals surface area contributed by atoms with Crippen LogP contribution in [0.25, 0.3) is 0 Å². The molecular formula is C34H49NO3S2. The molecule has 220 valence electrons. The van der Waals surface area contributed by atoms with Gasteiger partial charge in [0.25, 0.3) is 11.8 Å². The van der Waals surface area contributed by atoms with Crippen molar-refractivity contribution in [2.24, 2.45) is 17.8 Å². The second-order valence-electron chi connectivity index (χ2n) is 11.5. The van der Waals surface area contributed by atoms with Gasteiger partial charge in [-0.2, -0.15) is 12.6 Å². The molecule has 0 bridgehead atoms. The number of hydrogen-bond donors (Lipinski definition) is 1. The molecule has 0 fully saturated rings. The molecule has 6 heteroatoms. The van der Waals surface area contributed by atoms with E-state index in [-0.39, 0.29) is 40.7 Å². The Morgan fingerprint density at radius 1 is 0.925 bits per heavy atom. The summed E-state index contributed by atoms with van der Waals surface area (Å²) in [4.78, 5) is 28.0. The molecule has 40 heavy (non-hydrogen) atoms. The van der Waals surface area contributed by atoms with Crippen LogP contribution in [0.1, 0.15) is 103 Å². The van der Waals surface area contributed by atoms with Gasteiger partial charge in [-0.25, -0.2) is 0 Å². The minimum atomic E-state index is -0.172. The van der Waals surface area contributed by atoms with Crippen LogP contribution in [0.3, 0.4) is 0 Å². The summed E-state index contributed by atoms with van der Waals surface area (Å²) in [6.07, 6.45) is 6.44. The number of thioether (sulfide) groups is 1. The van der Waals surface area contributed by atoms with E-state index in [1.54, 1.807) is 7.05 Å². The third-order valence-corrected chi connectivity index (χ3v) is 10.8. The van der Waals surface area contributed by atoms with Crippen molar-refractivity contribution in [2.45, 2.75) is 97.2 Å². The van der Waals surface area contributed by atoms with Gasteiger partial charge < -0.3 is 4.42 Å². The zero-order valence-corrected chi connectivity index (χ0v) is 27.2. The van der Waals surface area contributed by atoms with E-state index in [4.69, 9.17) is 17.0 Å². The van der Waals surface area contributed by atoms with Crippen LogP contribution >= 0.6 is 24.4 Å². The van der Waals surface area contributed by atoms with Crippen LogP contribution in [0.5, 0.6) is 0 Å². The van der Waals surface area contributed by atoms with Gasteiger partial charge in [-0.05, 0) is 53.5 Å². The first kappa shape index (κ1) is 32.6. The number of likely N-dealkylation sites (N-methyl/N-ethyl adjacent to an activating group) is 1. The van der Waals surface area contributed by atoms with E-state index >= 15 is 0 Å². The van der Waals surface area contributed by atoms with Crippen molar-refractivity contribution in [1.29, 1.82) is 0 Å². The molecule has 1 aliphatic rings. The fourth-order valence-corrected chi connectivity index (χ4v) is 7.32. The van der Waals surface area contributed by atoms with Gasteiger partial charge in [-0.3, -0.25) is 14.5 Å². The molecule has 0 N–H and O–H groups in total. The highest BCUT2D eigenvalue weighted by Crippen LogP contribution is 2.44. The predicted molar refractivity (Wildman–Crippen MR) is 172 cm³/mol. The quantitative estimate of drug-likeness (QED) is 0.158. The number of carbonyl (C=O) groups excluding carboxylic acids is 2. The topological polar surface area (TPSA) is 50.5 Å². The normalized spacial score (nSPS) is 18.6. The molecule has 0 saturated carbocycles. The van der Waals surface area contributed by atoms with Gasteiger partial charge in [0, 0.05) is 30.2 Å². The zero-order chi connectivity index (χ0) is 29.4. The Balaban J connectivity index is 1.87. The van der Waals surface area contributed by atoms with Crippen LogP contribution in [0.4, 0.5) is 0 Å². The lowest BCUT2D eigenvalue weighted by Gasteiger charge is -2.35. The molecule has 0 spiro atoms. The summed E-state index contributed by atoms with van der Waals surface area (Å²) >= 11 is 6.68. The van der Waals surface area contributed by atoms with Gasteiger partial charge in [0.15, 0.2) is 0 Å². The number of carbonyl (C=O) groups is 2. The third-order valence-electron chi connectivity index (χ3n) is 8.92. The largest absolute Gasteiger partial charge is 0.466 e. The standard InChI is InChI=1S/C34H49NO3S2/c1-8-11-15-25(9-2)20-27-18-19-30(38-27)24(6)31(39)23(5)28(22(4)26-16-13-12-14-17-26)21-29-32(40-10-3)34(37)35(7)33(29)36/h12-14,16-19,22-25,28,31,39H,8-11,15,20-21H2,1-7H3/t22?,23?,24?,25?,28?,31-/m1/s1. The summed E-state index contributed by atoms with van der Waals surface area (Å²) in [5.41, 5.74) is 1.89. The van der Waals surface area contributed by atoms with E-state index in [0.717, 1.165) is 23.7 Å². The predicted octanol–water partition coefficient (Wildman–Crippen LogP) is 8.89. The van der Waals surface area contributed by atoms with Crippen molar-refractivity contribution >= 4 is 36.2 Å². The van der Waals surface area contributed by atoms with E-state index < -0.39 is 0 Å². The Labute approximate surface area is 252 Å². The number of benzene rings is 1. The molecule has 6 atom stereocenters. The molecule has 1 aliphatic heterocycles. The van der Waals surface area contributed by atoms with Crippen LogP contribution in [0.2, 0.25) is 0 Å². The van der Waals surface area contributed by atoms with Gasteiger partial charge in [-0.15, -0.1) is 11.8 Å². The Kier molecular flexibility index (Phi) is 12.5. The third kappa shape index (κ3) is 7.67. The first-order valence-electron chi connectivity index (χ1n) is 15.1. The molecule has 0 radical (unpaired) electrons. The van der Waals surface area contributed by atoms with Crippen molar-refractivity contribution in [3.8, 4) is 0 Å². The smallest absolute Gasteiger partial charge is 0.267 e. The summed E-state index contributed by atoms with van der Waals surface area (Å²) in [5, 5.41) is 0.0186. The molecule has 3 rings (SSSR count). The molecule has 0 saturated heterocycles. The number of furan rings is 1. The van der Waals surface area contributed by atoms with Gasteiger partial charge in [0.05, 0.1) is 4.91 Å². The molecule has 1 aromatic heterocycles. The second-order valence-corrected chi connectivity index (χ2v) is 13.4. The van der Waals surface area contributed by atoms with Crippen LogP contribution in [-0.4, -0.2) is 34.8 Å². The Bertz CT molecular complexity index is 1140. The average Bonchev–Trinajstić information content (AvgIpc) is 3.52. The lowest BCUT2D eigenvalue weighted by atomic mass is 9.73. The highest BCUT2D eigenvalue weighted by atomic mass is 32.2. The summed E-state index contributed by atoms with van der Waals surface area (Å²) in [5.74, 6) is 3.69. The van der Waals surface area contributed by atoms with E-state index in [2.05, 4.69) is 71.0 Å². The second kappa shape index (κ2) is 15.3. The maximum Gasteiger partial charge on any atom is 0.267 e. The number of nitrogens with zero attached hydrogens (tertiary/aromatic N) is 1. The molecule has 2 aromatic rings. The monoisotopic (exact) mass is 583 g/mol. The van der Waals surface area contributed by atoms with Gasteiger partial charge >= 0.3 is 0 Å². The van der Waals surface area contributed by atoms with E-state index in [9.17, 15) is 9.59 Å². The Morgan fingerprint density at radius 3 is 2.25 bits per heavy atom. The zero-order valence-electron chi connectivity index (χ0n) is 25.5. The molecule has 4 nitrogen and oxygen atoms in total. The first-order valence-corrected chi connectivity index (χ1v) is 16.6. The number of hydrogen-bond acceptors (Lipinski definition) is 5. The summed E-state index contributed by atoms with van der Waals surface area (Å²) in [7, 11) is 1.59. The summed E-state index contributed by atoms with van der Waals surface area (Å²) in [6, 6.07) is 14.8. The number of rotatable bonds is 16. The van der Waals surface area contributed by atoms with E-state index in [0.29, 0.717) is 22.8 Å². The van der Waals surface area contributed by atoms with Gasteiger partial charge in [-0.1, -0.05) is 97.6 Å². The highest BCUT2D eigenvalue weighted by molar-refractivity contribution is 8.04. The minimum absolute atomic E-state index is 0.0186. The van der Waals surface area contributed by atoms with Crippen molar-refractivity contribution in [3.05, 3.63) is 70.0 Å². The molecule has 1 aromatic carbocycles. The molecular weight excluding hydrogens is 535 g/mol. The molecule has 0 aliphatic carbocycles. The highest BCUT2D eigenvalue weighted by Gasteiger charge is 2.40. The SMILES string of the molecule is CCCCC(CC)Cc1ccc(C(C)[C@H](S)C(C)C(CC2=C(SCC)C(=O)N(C)C2=O)C(C)c2ccccc2)o1. The maximum absolute atomic E-state index is 13.2. The number of unbranched alkanes of at least 4 members (excludes halogenated alkanes) is 1. The van der Waals surface area contributed by atoms with E-state index in [1.165, 1.54) is 47.9 Å². The van der Waals surface area contributed by atoms with Crippen molar-refractivity contribution in [3.63, 3.8) is 0 Å². The summed E-state index contributed by atoms with van der Waals surface area (Å²) < 4.78 is 6.41. The first-order chi connectivity index (χ1) is 19.1. The van der Waals surface area contributed by atoms with Crippen molar-refractivity contribution in [1.82, 2.24) is 4.90 Å². The van der Waals surface area contributed by atoms with E-state index in [1.807, 2.05) is 13.0 Å². The fourth-order valence-electron chi connectivity index (χ4n) is 6.06. The number of amides is 2. The Hall–Kier alpha value is -1.92. The fraction of sp³-hybridized carbons (Fsp3) is 0.588. The van der Waals surface area contributed by atoms with Gasteiger partial charge in [0.2, 0.25) is 0 Å². The van der Waals surface area contributed by atoms with Crippen LogP contribution < -0.4 is 0 Å². The van der Waals surface area contributed by atoms with Crippen molar-refractivity contribution in [2.75, 3.05) is 12.8 Å². The van der Waals surface area contributed by atoms with Gasteiger partial charge in [0.1, 0.15) is 11.5 Å². The molecule has 2 amide bonds.